The summed E-state index contributed by atoms with van der Waals surface area (Å²) in [4.78, 5) is 15.0. The van der Waals surface area contributed by atoms with Crippen molar-refractivity contribution in [3.05, 3.63) is 30.1 Å². The second-order valence-corrected chi connectivity index (χ2v) is 7.83. The molecular formula is C21H34Cl2FN3O2. The number of rotatable bonds is 6. The Bertz CT molecular complexity index is 612. The van der Waals surface area contributed by atoms with Crippen molar-refractivity contribution in [2.24, 2.45) is 11.7 Å². The number of halogens is 3. The van der Waals surface area contributed by atoms with E-state index in [1.54, 1.807) is 0 Å². The van der Waals surface area contributed by atoms with Gasteiger partial charge in [-0.1, -0.05) is 6.92 Å². The maximum absolute atomic E-state index is 13.1. The van der Waals surface area contributed by atoms with Gasteiger partial charge in [0.25, 0.3) is 0 Å². The molecule has 2 fully saturated rings. The van der Waals surface area contributed by atoms with Crippen LogP contribution in [-0.4, -0.2) is 43.8 Å². The summed E-state index contributed by atoms with van der Waals surface area (Å²) in [5.41, 5.74) is 7.20. The fourth-order valence-electron chi connectivity index (χ4n) is 4.10. The number of nitrogens with zero attached hydrogens (tertiary/aromatic N) is 1. The monoisotopic (exact) mass is 449 g/mol. The Hall–Kier alpha value is -1.08. The lowest BCUT2D eigenvalue weighted by atomic mass is 9.83. The number of benzene rings is 1. The smallest absolute Gasteiger partial charge is 0.223 e. The van der Waals surface area contributed by atoms with E-state index < -0.39 is 0 Å². The number of hydrogen-bond acceptors (Lipinski definition) is 4. The third-order valence-electron chi connectivity index (χ3n) is 5.78. The molecule has 29 heavy (non-hydrogen) atoms. The SMILES string of the molecule is CCCO[C@H]1C[C@@H](C(=O)NC2CCN(c3ccc(F)cc3)CC2)CC[C@@H]1N.Cl.Cl. The normalized spacial score (nSPS) is 24.9. The summed E-state index contributed by atoms with van der Waals surface area (Å²) in [6.45, 7) is 4.52. The Labute approximate surface area is 185 Å². The van der Waals surface area contributed by atoms with Gasteiger partial charge in [-0.25, -0.2) is 4.39 Å². The Morgan fingerprint density at radius 3 is 2.45 bits per heavy atom. The maximum Gasteiger partial charge on any atom is 0.223 e. The molecule has 1 aliphatic carbocycles. The van der Waals surface area contributed by atoms with E-state index in [-0.39, 0.29) is 60.6 Å². The third kappa shape index (κ3) is 7.28. The van der Waals surface area contributed by atoms with E-state index in [4.69, 9.17) is 10.5 Å². The van der Waals surface area contributed by atoms with Crippen molar-refractivity contribution in [3.63, 3.8) is 0 Å². The van der Waals surface area contributed by atoms with E-state index in [0.29, 0.717) is 6.61 Å². The summed E-state index contributed by atoms with van der Waals surface area (Å²) < 4.78 is 18.9. The molecule has 1 aromatic carbocycles. The number of anilines is 1. The van der Waals surface area contributed by atoms with Crippen LogP contribution in [0.25, 0.3) is 0 Å². The topological polar surface area (TPSA) is 67.6 Å². The molecular weight excluding hydrogens is 416 g/mol. The van der Waals surface area contributed by atoms with Crippen LogP contribution in [0.5, 0.6) is 0 Å². The van der Waals surface area contributed by atoms with Crippen LogP contribution in [-0.2, 0) is 9.53 Å². The molecule has 3 atom stereocenters. The minimum Gasteiger partial charge on any atom is -0.377 e. The van der Waals surface area contributed by atoms with Gasteiger partial charge in [-0.2, -0.15) is 0 Å². The molecule has 3 rings (SSSR count). The fraction of sp³-hybridized carbons (Fsp3) is 0.667. The predicted octanol–water partition coefficient (Wildman–Crippen LogP) is 3.68. The van der Waals surface area contributed by atoms with E-state index in [9.17, 15) is 9.18 Å². The second-order valence-electron chi connectivity index (χ2n) is 7.83. The van der Waals surface area contributed by atoms with Crippen LogP contribution in [0.3, 0.4) is 0 Å². The lowest BCUT2D eigenvalue weighted by Crippen LogP contribution is -2.49. The molecule has 3 N–H and O–H groups in total. The summed E-state index contributed by atoms with van der Waals surface area (Å²) >= 11 is 0. The highest BCUT2D eigenvalue weighted by molar-refractivity contribution is 5.85. The number of carbonyl (C=O) groups excluding carboxylic acids is 1. The Morgan fingerprint density at radius 2 is 1.83 bits per heavy atom. The van der Waals surface area contributed by atoms with Crippen LogP contribution in [0.2, 0.25) is 0 Å². The van der Waals surface area contributed by atoms with Gasteiger partial charge in [-0.05, 0) is 62.8 Å². The van der Waals surface area contributed by atoms with Crippen molar-refractivity contribution in [1.82, 2.24) is 5.32 Å². The zero-order valence-electron chi connectivity index (χ0n) is 17.0. The molecule has 1 saturated heterocycles. The number of nitrogens with one attached hydrogen (secondary N) is 1. The van der Waals surface area contributed by atoms with Crippen molar-refractivity contribution >= 4 is 36.4 Å². The summed E-state index contributed by atoms with van der Waals surface area (Å²) in [5, 5.41) is 3.24. The number of carbonyl (C=O) groups is 1. The molecule has 1 heterocycles. The number of nitrogens with two attached hydrogens (primary N) is 1. The average Bonchev–Trinajstić information content (AvgIpc) is 2.68. The van der Waals surface area contributed by atoms with Crippen LogP contribution in [0, 0.1) is 11.7 Å². The molecule has 0 bridgehead atoms. The van der Waals surface area contributed by atoms with Gasteiger partial charge < -0.3 is 20.7 Å². The highest BCUT2D eigenvalue weighted by Crippen LogP contribution is 2.27. The zero-order chi connectivity index (χ0) is 19.2. The first-order valence-corrected chi connectivity index (χ1v) is 10.2. The van der Waals surface area contributed by atoms with E-state index in [2.05, 4.69) is 17.1 Å². The molecule has 0 radical (unpaired) electrons. The number of amides is 1. The third-order valence-corrected chi connectivity index (χ3v) is 5.78. The average molecular weight is 450 g/mol. The summed E-state index contributed by atoms with van der Waals surface area (Å²) in [6, 6.07) is 6.87. The molecule has 2 aliphatic rings. The first-order valence-electron chi connectivity index (χ1n) is 10.2. The summed E-state index contributed by atoms with van der Waals surface area (Å²) in [6.07, 6.45) is 5.18. The van der Waals surface area contributed by atoms with E-state index in [0.717, 1.165) is 57.3 Å². The minimum absolute atomic E-state index is 0. The van der Waals surface area contributed by atoms with Crippen LogP contribution in [0.4, 0.5) is 10.1 Å². The van der Waals surface area contributed by atoms with Gasteiger partial charge in [0.1, 0.15) is 5.82 Å². The molecule has 1 aliphatic heterocycles. The first kappa shape index (κ1) is 26.0. The van der Waals surface area contributed by atoms with Crippen molar-refractivity contribution in [1.29, 1.82) is 0 Å². The first-order chi connectivity index (χ1) is 13.1. The molecule has 5 nitrogen and oxygen atoms in total. The minimum atomic E-state index is -0.214. The van der Waals surface area contributed by atoms with E-state index >= 15 is 0 Å². The molecule has 1 aromatic rings. The van der Waals surface area contributed by atoms with Crippen LogP contribution in [0.1, 0.15) is 45.4 Å². The van der Waals surface area contributed by atoms with E-state index in [1.807, 2.05) is 12.1 Å². The fourth-order valence-corrected chi connectivity index (χ4v) is 4.10. The van der Waals surface area contributed by atoms with Crippen molar-refractivity contribution in [2.75, 3.05) is 24.6 Å². The van der Waals surface area contributed by atoms with Crippen molar-refractivity contribution in [3.8, 4) is 0 Å². The van der Waals surface area contributed by atoms with Gasteiger partial charge in [-0.3, -0.25) is 4.79 Å². The van der Waals surface area contributed by atoms with Gasteiger partial charge in [0, 0.05) is 43.4 Å². The predicted molar refractivity (Wildman–Crippen MR) is 120 cm³/mol. The maximum atomic E-state index is 13.1. The van der Waals surface area contributed by atoms with Gasteiger partial charge in [0.15, 0.2) is 0 Å². The van der Waals surface area contributed by atoms with E-state index in [1.165, 1.54) is 12.1 Å². The van der Waals surface area contributed by atoms with Gasteiger partial charge in [0.2, 0.25) is 5.91 Å². The van der Waals surface area contributed by atoms with Crippen LogP contribution in [0.15, 0.2) is 24.3 Å². The van der Waals surface area contributed by atoms with Gasteiger partial charge in [0.05, 0.1) is 6.10 Å². The van der Waals surface area contributed by atoms with Crippen LogP contribution >= 0.6 is 24.8 Å². The highest BCUT2D eigenvalue weighted by atomic mass is 35.5. The molecule has 0 unspecified atom stereocenters. The Balaban J connectivity index is 0.00000210. The molecule has 8 heteroatoms. The van der Waals surface area contributed by atoms with Crippen molar-refractivity contribution in [2.45, 2.75) is 63.6 Å². The number of piperidine rings is 1. The number of ether oxygens (including phenoxy) is 1. The van der Waals surface area contributed by atoms with Gasteiger partial charge >= 0.3 is 0 Å². The molecule has 1 amide bonds. The van der Waals surface area contributed by atoms with Gasteiger partial charge in [-0.15, -0.1) is 24.8 Å². The molecule has 0 aromatic heterocycles. The Kier molecular flexibility index (Phi) is 11.3. The molecule has 0 spiro atoms. The molecule has 1 saturated carbocycles. The lowest BCUT2D eigenvalue weighted by Gasteiger charge is -2.36. The summed E-state index contributed by atoms with van der Waals surface area (Å²) in [7, 11) is 0. The quantitative estimate of drug-likeness (QED) is 0.694. The Morgan fingerprint density at radius 1 is 1.17 bits per heavy atom. The summed E-state index contributed by atoms with van der Waals surface area (Å²) in [5.74, 6) is -0.0664. The standard InChI is InChI=1S/C21H32FN3O2.2ClH/c1-2-13-27-20-14-15(3-8-19(20)23)21(26)24-17-9-11-25(12-10-17)18-6-4-16(22)5-7-18;;/h4-7,15,17,19-20H,2-3,8-14,23H2,1H3,(H,24,26);2*1H/t15-,19-,20-;;/m0../s1. The lowest BCUT2D eigenvalue weighted by molar-refractivity contribution is -0.129. The zero-order valence-corrected chi connectivity index (χ0v) is 18.7. The van der Waals surface area contributed by atoms with Crippen LogP contribution < -0.4 is 16.0 Å². The largest absolute Gasteiger partial charge is 0.377 e. The number of hydrogen-bond donors (Lipinski definition) is 2. The highest BCUT2D eigenvalue weighted by Gasteiger charge is 2.33. The second kappa shape index (κ2) is 12.6. The molecule has 166 valence electrons. The van der Waals surface area contributed by atoms with Crippen molar-refractivity contribution < 1.29 is 13.9 Å².